The van der Waals surface area contributed by atoms with Gasteiger partial charge in [-0.2, -0.15) is 0 Å². The normalized spacial score (nSPS) is 14.6. The smallest absolute Gasteiger partial charge is 0.338 e. The zero-order valence-corrected chi connectivity index (χ0v) is 15.9. The van der Waals surface area contributed by atoms with Crippen molar-refractivity contribution in [2.45, 2.75) is 38.8 Å². The fourth-order valence-electron chi connectivity index (χ4n) is 3.12. The maximum Gasteiger partial charge on any atom is 0.338 e. The summed E-state index contributed by atoms with van der Waals surface area (Å²) in [5.41, 5.74) is 2.10. The minimum atomic E-state index is -0.851. The molecule has 1 atom stereocenters. The van der Waals surface area contributed by atoms with Crippen LogP contribution in [0.2, 0.25) is 0 Å². The number of esters is 1. The summed E-state index contributed by atoms with van der Waals surface area (Å²) in [6.07, 6.45) is 0.933. The van der Waals surface area contributed by atoms with Gasteiger partial charge in [0.15, 0.2) is 6.10 Å². The van der Waals surface area contributed by atoms with Gasteiger partial charge < -0.3 is 15.0 Å². The third kappa shape index (κ3) is 4.76. The molecule has 6 nitrogen and oxygen atoms in total. The van der Waals surface area contributed by atoms with Crippen molar-refractivity contribution in [3.8, 4) is 0 Å². The Balaban J connectivity index is 1.57. The van der Waals surface area contributed by atoms with Crippen LogP contribution in [0.4, 0.5) is 5.69 Å². The van der Waals surface area contributed by atoms with E-state index < -0.39 is 12.1 Å². The van der Waals surface area contributed by atoms with Crippen molar-refractivity contribution in [3.05, 3.63) is 65.7 Å². The Kier molecular flexibility index (Phi) is 6.42. The SMILES string of the molecule is CCC(OC(=O)c1ccc(N2CCCC2=O)cc1)C(=O)NCc1ccccc1. The van der Waals surface area contributed by atoms with Gasteiger partial charge in [-0.3, -0.25) is 9.59 Å². The molecule has 0 radical (unpaired) electrons. The molecule has 1 aliphatic heterocycles. The molecule has 1 aliphatic rings. The van der Waals surface area contributed by atoms with Crippen molar-refractivity contribution in [3.63, 3.8) is 0 Å². The second-order valence-corrected chi connectivity index (χ2v) is 6.70. The van der Waals surface area contributed by atoms with Gasteiger partial charge in [0.2, 0.25) is 5.91 Å². The van der Waals surface area contributed by atoms with E-state index in [-0.39, 0.29) is 11.8 Å². The molecule has 146 valence electrons. The molecule has 0 spiro atoms. The van der Waals surface area contributed by atoms with Crippen molar-refractivity contribution in [2.24, 2.45) is 0 Å². The van der Waals surface area contributed by atoms with E-state index in [1.54, 1.807) is 36.1 Å². The fourth-order valence-corrected chi connectivity index (χ4v) is 3.12. The molecule has 1 N–H and O–H groups in total. The Labute approximate surface area is 164 Å². The molecule has 0 aliphatic carbocycles. The molecule has 3 rings (SSSR count). The van der Waals surface area contributed by atoms with Gasteiger partial charge in [-0.1, -0.05) is 37.3 Å². The van der Waals surface area contributed by atoms with E-state index in [0.717, 1.165) is 17.7 Å². The van der Waals surface area contributed by atoms with Gasteiger partial charge in [-0.15, -0.1) is 0 Å². The monoisotopic (exact) mass is 380 g/mol. The largest absolute Gasteiger partial charge is 0.449 e. The first-order valence-corrected chi connectivity index (χ1v) is 9.51. The molecule has 1 unspecified atom stereocenters. The molecule has 2 amide bonds. The van der Waals surface area contributed by atoms with E-state index in [9.17, 15) is 14.4 Å². The van der Waals surface area contributed by atoms with Crippen LogP contribution >= 0.6 is 0 Å². The molecule has 28 heavy (non-hydrogen) atoms. The number of carbonyl (C=O) groups excluding carboxylic acids is 3. The number of amides is 2. The number of benzene rings is 2. The van der Waals surface area contributed by atoms with Gasteiger partial charge in [0.25, 0.3) is 5.91 Å². The first-order valence-electron chi connectivity index (χ1n) is 9.51. The summed E-state index contributed by atoms with van der Waals surface area (Å²) in [5.74, 6) is -0.781. The van der Waals surface area contributed by atoms with Gasteiger partial charge in [0.1, 0.15) is 0 Å². The second-order valence-electron chi connectivity index (χ2n) is 6.70. The quantitative estimate of drug-likeness (QED) is 0.749. The van der Waals surface area contributed by atoms with Crippen LogP contribution in [0.3, 0.4) is 0 Å². The molecule has 0 aromatic heterocycles. The number of anilines is 1. The Hall–Kier alpha value is -3.15. The standard InChI is InChI=1S/C22H24N2O4/c1-2-19(21(26)23-15-16-7-4-3-5-8-16)28-22(27)17-10-12-18(13-11-17)24-14-6-9-20(24)25/h3-5,7-8,10-13,19H,2,6,9,14-15H2,1H3,(H,23,26). The Morgan fingerprint density at radius 2 is 1.82 bits per heavy atom. The fraction of sp³-hybridized carbons (Fsp3) is 0.318. The van der Waals surface area contributed by atoms with Crippen LogP contribution in [-0.4, -0.2) is 30.4 Å². The highest BCUT2D eigenvalue weighted by Crippen LogP contribution is 2.22. The van der Waals surface area contributed by atoms with Gasteiger partial charge in [-0.25, -0.2) is 4.79 Å². The number of nitrogens with zero attached hydrogens (tertiary/aromatic N) is 1. The maximum atomic E-state index is 12.4. The third-order valence-electron chi connectivity index (χ3n) is 4.71. The number of hydrogen-bond acceptors (Lipinski definition) is 4. The average Bonchev–Trinajstić information content (AvgIpc) is 3.16. The van der Waals surface area contributed by atoms with Crippen LogP contribution < -0.4 is 10.2 Å². The van der Waals surface area contributed by atoms with Crippen molar-refractivity contribution >= 4 is 23.5 Å². The Bertz CT molecular complexity index is 833. The first kappa shape index (κ1) is 19.6. The maximum absolute atomic E-state index is 12.4. The number of hydrogen-bond donors (Lipinski definition) is 1. The van der Waals surface area contributed by atoms with Crippen molar-refractivity contribution in [1.82, 2.24) is 5.32 Å². The van der Waals surface area contributed by atoms with Crippen LogP contribution in [0.25, 0.3) is 0 Å². The molecule has 0 saturated carbocycles. The predicted octanol–water partition coefficient (Wildman–Crippen LogP) is 3.07. The molecule has 6 heteroatoms. The highest BCUT2D eigenvalue weighted by molar-refractivity contribution is 5.96. The second kappa shape index (κ2) is 9.17. The third-order valence-corrected chi connectivity index (χ3v) is 4.71. The summed E-state index contributed by atoms with van der Waals surface area (Å²) in [6, 6.07) is 16.3. The summed E-state index contributed by atoms with van der Waals surface area (Å²) < 4.78 is 5.39. The van der Waals surface area contributed by atoms with Gasteiger partial charge in [-0.05, 0) is 42.7 Å². The summed E-state index contributed by atoms with van der Waals surface area (Å²) in [4.78, 5) is 38.3. The highest BCUT2D eigenvalue weighted by atomic mass is 16.5. The lowest BCUT2D eigenvalue weighted by molar-refractivity contribution is -0.130. The molecular formula is C22H24N2O4. The van der Waals surface area contributed by atoms with E-state index in [0.29, 0.717) is 31.5 Å². The first-order chi connectivity index (χ1) is 13.6. The van der Waals surface area contributed by atoms with Crippen LogP contribution in [0.5, 0.6) is 0 Å². The van der Waals surface area contributed by atoms with E-state index in [1.165, 1.54) is 0 Å². The zero-order valence-electron chi connectivity index (χ0n) is 15.9. The minimum Gasteiger partial charge on any atom is -0.449 e. The van der Waals surface area contributed by atoms with E-state index in [2.05, 4.69) is 5.32 Å². The van der Waals surface area contributed by atoms with E-state index in [4.69, 9.17) is 4.74 Å². The summed E-state index contributed by atoms with van der Waals surface area (Å²) in [5, 5.41) is 2.80. The lowest BCUT2D eigenvalue weighted by Gasteiger charge is -2.17. The zero-order chi connectivity index (χ0) is 19.9. The molecule has 1 saturated heterocycles. The number of rotatable bonds is 7. The molecule has 2 aromatic rings. The lowest BCUT2D eigenvalue weighted by atomic mass is 10.2. The Morgan fingerprint density at radius 3 is 2.43 bits per heavy atom. The van der Waals surface area contributed by atoms with Crippen LogP contribution in [0, 0.1) is 0 Å². The molecule has 0 bridgehead atoms. The van der Waals surface area contributed by atoms with Crippen molar-refractivity contribution in [2.75, 3.05) is 11.4 Å². The summed E-state index contributed by atoms with van der Waals surface area (Å²) in [6.45, 7) is 2.87. The lowest BCUT2D eigenvalue weighted by Crippen LogP contribution is -2.37. The van der Waals surface area contributed by atoms with Gasteiger partial charge >= 0.3 is 5.97 Å². The number of ether oxygens (including phenoxy) is 1. The Morgan fingerprint density at radius 1 is 1.11 bits per heavy atom. The molecular weight excluding hydrogens is 356 g/mol. The van der Waals surface area contributed by atoms with Crippen molar-refractivity contribution < 1.29 is 19.1 Å². The molecule has 1 fully saturated rings. The topological polar surface area (TPSA) is 75.7 Å². The predicted molar refractivity (Wildman–Crippen MR) is 106 cm³/mol. The highest BCUT2D eigenvalue weighted by Gasteiger charge is 2.24. The van der Waals surface area contributed by atoms with Gasteiger partial charge in [0.05, 0.1) is 5.56 Å². The molecule has 2 aromatic carbocycles. The summed E-state index contributed by atoms with van der Waals surface area (Å²) >= 11 is 0. The van der Waals surface area contributed by atoms with E-state index in [1.807, 2.05) is 30.3 Å². The van der Waals surface area contributed by atoms with Crippen molar-refractivity contribution in [1.29, 1.82) is 0 Å². The van der Waals surface area contributed by atoms with Crippen LogP contribution in [-0.2, 0) is 20.9 Å². The average molecular weight is 380 g/mol. The number of carbonyl (C=O) groups is 3. The van der Waals surface area contributed by atoms with Gasteiger partial charge in [0, 0.05) is 25.2 Å². The minimum absolute atomic E-state index is 0.0939. The van der Waals surface area contributed by atoms with Crippen LogP contribution in [0.1, 0.15) is 42.1 Å². The molecule has 1 heterocycles. The van der Waals surface area contributed by atoms with E-state index >= 15 is 0 Å². The number of nitrogens with one attached hydrogen (secondary N) is 1. The van der Waals surface area contributed by atoms with Crippen LogP contribution in [0.15, 0.2) is 54.6 Å². The summed E-state index contributed by atoms with van der Waals surface area (Å²) in [7, 11) is 0.